The van der Waals surface area contributed by atoms with Crippen molar-refractivity contribution in [1.82, 2.24) is 20.1 Å². The van der Waals surface area contributed by atoms with Crippen molar-refractivity contribution < 1.29 is 14.6 Å². The molecule has 1 saturated carbocycles. The van der Waals surface area contributed by atoms with Gasteiger partial charge >= 0.3 is 0 Å². The van der Waals surface area contributed by atoms with Crippen LogP contribution >= 0.6 is 0 Å². The number of aliphatic hydroxyl groups excluding tert-OH is 1. The van der Waals surface area contributed by atoms with Crippen LogP contribution in [0.15, 0.2) is 24.5 Å². The standard InChI is InChI=1S/C19H26N4O3/c1-12-4-13(2)6-16(5-12)26-10-18(25)20-9-15-7-14(8-17(15)24)19-22-21-11-23(19)3/h4-6,11,14-15,17,24H,7-10H2,1-3H3,(H,20,25)/t14-,15+,17+/m0/s1. The Morgan fingerprint density at radius 2 is 2.04 bits per heavy atom. The highest BCUT2D eigenvalue weighted by atomic mass is 16.5. The number of aromatic nitrogens is 3. The lowest BCUT2D eigenvalue weighted by Crippen LogP contribution is -2.35. The summed E-state index contributed by atoms with van der Waals surface area (Å²) in [4.78, 5) is 12.1. The zero-order valence-corrected chi connectivity index (χ0v) is 15.5. The molecule has 1 aliphatic rings. The number of rotatable bonds is 6. The molecule has 1 aliphatic carbocycles. The molecule has 2 aromatic rings. The van der Waals surface area contributed by atoms with Crippen LogP contribution in [0.25, 0.3) is 0 Å². The summed E-state index contributed by atoms with van der Waals surface area (Å²) in [6, 6.07) is 5.88. The topological polar surface area (TPSA) is 89.3 Å². The first kappa shape index (κ1) is 18.4. The van der Waals surface area contributed by atoms with Crippen LogP contribution in [0.2, 0.25) is 0 Å². The highest BCUT2D eigenvalue weighted by Gasteiger charge is 2.35. The van der Waals surface area contributed by atoms with E-state index in [-0.39, 0.29) is 24.3 Å². The summed E-state index contributed by atoms with van der Waals surface area (Å²) in [5, 5.41) is 21.2. The van der Waals surface area contributed by atoms with Gasteiger partial charge in [0.2, 0.25) is 0 Å². The lowest BCUT2D eigenvalue weighted by atomic mass is 10.0. The monoisotopic (exact) mass is 358 g/mol. The number of carbonyl (C=O) groups is 1. The largest absolute Gasteiger partial charge is 0.484 e. The van der Waals surface area contributed by atoms with E-state index < -0.39 is 6.10 Å². The maximum atomic E-state index is 12.1. The minimum absolute atomic E-state index is 0.0156. The van der Waals surface area contributed by atoms with Gasteiger partial charge in [-0.15, -0.1) is 10.2 Å². The number of benzene rings is 1. The molecule has 3 atom stereocenters. The van der Waals surface area contributed by atoms with Gasteiger partial charge < -0.3 is 19.7 Å². The first-order valence-electron chi connectivity index (χ1n) is 8.92. The first-order chi connectivity index (χ1) is 12.4. The highest BCUT2D eigenvalue weighted by Crippen LogP contribution is 2.37. The Morgan fingerprint density at radius 3 is 2.69 bits per heavy atom. The molecule has 0 aliphatic heterocycles. The van der Waals surface area contributed by atoms with Crippen molar-refractivity contribution >= 4 is 5.91 Å². The number of carbonyl (C=O) groups excluding carboxylic acids is 1. The molecule has 0 unspecified atom stereocenters. The minimum atomic E-state index is -0.447. The number of nitrogens with zero attached hydrogens (tertiary/aromatic N) is 3. The molecule has 1 heterocycles. The summed E-state index contributed by atoms with van der Waals surface area (Å²) in [5.41, 5.74) is 2.20. The van der Waals surface area contributed by atoms with E-state index in [0.717, 1.165) is 23.4 Å². The second-order valence-corrected chi connectivity index (χ2v) is 7.21. The number of hydrogen-bond donors (Lipinski definition) is 2. The van der Waals surface area contributed by atoms with Crippen molar-refractivity contribution in [3.05, 3.63) is 41.5 Å². The van der Waals surface area contributed by atoms with Crippen molar-refractivity contribution in [2.45, 2.75) is 38.7 Å². The van der Waals surface area contributed by atoms with Crippen molar-refractivity contribution in [1.29, 1.82) is 0 Å². The summed E-state index contributed by atoms with van der Waals surface area (Å²) in [7, 11) is 1.90. The molecule has 1 amide bonds. The zero-order chi connectivity index (χ0) is 18.7. The SMILES string of the molecule is Cc1cc(C)cc(OCC(=O)NC[C@H]2C[C@H](c3nncn3C)C[C@H]2O)c1. The van der Waals surface area contributed by atoms with Gasteiger partial charge in [0.25, 0.3) is 5.91 Å². The first-order valence-corrected chi connectivity index (χ1v) is 8.92. The molecule has 1 aromatic heterocycles. The average Bonchev–Trinajstić information content (AvgIpc) is 3.15. The third-order valence-electron chi connectivity index (χ3n) is 4.90. The van der Waals surface area contributed by atoms with Crippen molar-refractivity contribution in [2.75, 3.05) is 13.2 Å². The lowest BCUT2D eigenvalue weighted by Gasteiger charge is -2.15. The fraction of sp³-hybridized carbons (Fsp3) is 0.526. The predicted molar refractivity (Wildman–Crippen MR) is 96.9 cm³/mol. The Morgan fingerprint density at radius 1 is 1.31 bits per heavy atom. The van der Waals surface area contributed by atoms with Gasteiger partial charge in [0.1, 0.15) is 17.9 Å². The van der Waals surface area contributed by atoms with Crippen molar-refractivity contribution in [3.63, 3.8) is 0 Å². The van der Waals surface area contributed by atoms with Gasteiger partial charge in [0.05, 0.1) is 6.10 Å². The van der Waals surface area contributed by atoms with Crippen molar-refractivity contribution in [3.8, 4) is 5.75 Å². The number of amides is 1. The van der Waals surface area contributed by atoms with Gasteiger partial charge in [-0.3, -0.25) is 4.79 Å². The summed E-state index contributed by atoms with van der Waals surface area (Å²) in [5.74, 6) is 1.59. The van der Waals surface area contributed by atoms with Crippen LogP contribution in [0.3, 0.4) is 0 Å². The van der Waals surface area contributed by atoms with Gasteiger partial charge in [0.15, 0.2) is 6.61 Å². The quantitative estimate of drug-likeness (QED) is 0.816. The van der Waals surface area contributed by atoms with Crippen LogP contribution in [0.1, 0.15) is 35.7 Å². The molecule has 0 spiro atoms. The number of aliphatic hydroxyl groups is 1. The van der Waals surface area contributed by atoms with Crippen LogP contribution in [0.4, 0.5) is 0 Å². The van der Waals surface area contributed by atoms with E-state index in [1.54, 1.807) is 6.33 Å². The van der Waals surface area contributed by atoms with Gasteiger partial charge in [0, 0.05) is 25.4 Å². The van der Waals surface area contributed by atoms with Gasteiger partial charge in [-0.2, -0.15) is 0 Å². The van der Waals surface area contributed by atoms with Crippen LogP contribution in [0, 0.1) is 19.8 Å². The number of hydrogen-bond acceptors (Lipinski definition) is 5. The molecule has 3 rings (SSSR count). The predicted octanol–water partition coefficient (Wildman–Crippen LogP) is 1.48. The fourth-order valence-corrected chi connectivity index (χ4v) is 3.66. The Kier molecular flexibility index (Phi) is 5.56. The van der Waals surface area contributed by atoms with Crippen LogP contribution in [0.5, 0.6) is 5.75 Å². The Balaban J connectivity index is 1.46. The number of nitrogens with one attached hydrogen (secondary N) is 1. The van der Waals surface area contributed by atoms with Crippen LogP contribution < -0.4 is 10.1 Å². The maximum Gasteiger partial charge on any atom is 0.257 e. The van der Waals surface area contributed by atoms with E-state index in [4.69, 9.17) is 4.74 Å². The van der Waals surface area contributed by atoms with Gasteiger partial charge in [-0.05, 0) is 49.9 Å². The molecular weight excluding hydrogens is 332 g/mol. The zero-order valence-electron chi connectivity index (χ0n) is 15.5. The second kappa shape index (κ2) is 7.86. The normalized spacial score (nSPS) is 22.4. The molecule has 7 heteroatoms. The van der Waals surface area contributed by atoms with E-state index >= 15 is 0 Å². The lowest BCUT2D eigenvalue weighted by molar-refractivity contribution is -0.123. The average molecular weight is 358 g/mol. The Hall–Kier alpha value is -2.41. The molecule has 0 radical (unpaired) electrons. The molecule has 0 bridgehead atoms. The molecule has 0 saturated heterocycles. The molecule has 7 nitrogen and oxygen atoms in total. The molecule has 140 valence electrons. The minimum Gasteiger partial charge on any atom is -0.484 e. The second-order valence-electron chi connectivity index (χ2n) is 7.21. The van der Waals surface area contributed by atoms with Crippen LogP contribution in [-0.4, -0.2) is 45.0 Å². The van der Waals surface area contributed by atoms with Gasteiger partial charge in [-0.1, -0.05) is 6.07 Å². The Labute approximate surface area is 153 Å². The van der Waals surface area contributed by atoms with E-state index in [1.807, 2.05) is 37.6 Å². The molecule has 1 fully saturated rings. The molecule has 26 heavy (non-hydrogen) atoms. The number of aryl methyl sites for hydroxylation is 3. The molecular formula is C19H26N4O3. The Bertz CT molecular complexity index is 754. The smallest absolute Gasteiger partial charge is 0.257 e. The fourth-order valence-electron chi connectivity index (χ4n) is 3.66. The maximum absolute atomic E-state index is 12.1. The van der Waals surface area contributed by atoms with E-state index in [2.05, 4.69) is 21.6 Å². The summed E-state index contributed by atoms with van der Waals surface area (Å²) < 4.78 is 7.46. The van der Waals surface area contributed by atoms with Crippen molar-refractivity contribution in [2.24, 2.45) is 13.0 Å². The molecule has 2 N–H and O–H groups in total. The summed E-state index contributed by atoms with van der Waals surface area (Å²) in [6.45, 7) is 4.40. The summed E-state index contributed by atoms with van der Waals surface area (Å²) >= 11 is 0. The molecule has 1 aromatic carbocycles. The van der Waals surface area contributed by atoms with E-state index in [9.17, 15) is 9.90 Å². The van der Waals surface area contributed by atoms with E-state index in [0.29, 0.717) is 18.7 Å². The third kappa shape index (κ3) is 4.40. The third-order valence-corrected chi connectivity index (χ3v) is 4.90. The van der Waals surface area contributed by atoms with E-state index in [1.165, 1.54) is 0 Å². The summed E-state index contributed by atoms with van der Waals surface area (Å²) in [6.07, 6.45) is 2.65. The van der Waals surface area contributed by atoms with Gasteiger partial charge in [-0.25, -0.2) is 0 Å². The highest BCUT2D eigenvalue weighted by molar-refractivity contribution is 5.77. The van der Waals surface area contributed by atoms with Crippen LogP contribution in [-0.2, 0) is 11.8 Å². The number of ether oxygens (including phenoxy) is 1.